The standard InChI is InChI=1S/C25H30FNO8/c1-14(2)11-19-21(24(32)34-3)22(25(33)35-4)23(15-5-7-16(26)8-6-15)27(19)10-9-17(28)12-18(29)13-20(30)31/h5-10,14,17-18,28-29H,11-13H2,1-4H3,(H,30,31)/b10-9+/t17-,18-/m1/s1. The summed E-state index contributed by atoms with van der Waals surface area (Å²) in [6, 6.07) is 5.28. The van der Waals surface area contributed by atoms with Crippen LogP contribution in [0.3, 0.4) is 0 Å². The maximum atomic E-state index is 13.6. The van der Waals surface area contributed by atoms with Crippen LogP contribution < -0.4 is 0 Å². The molecule has 2 atom stereocenters. The molecular weight excluding hydrogens is 461 g/mol. The van der Waals surface area contributed by atoms with Crippen LogP contribution in [0.2, 0.25) is 0 Å². The van der Waals surface area contributed by atoms with Gasteiger partial charge in [-0.25, -0.2) is 14.0 Å². The molecule has 35 heavy (non-hydrogen) atoms. The smallest absolute Gasteiger partial charge is 0.340 e. The number of benzene rings is 1. The second-order valence-corrected chi connectivity index (χ2v) is 8.40. The zero-order valence-corrected chi connectivity index (χ0v) is 20.0. The number of aliphatic hydroxyl groups excluding tert-OH is 2. The van der Waals surface area contributed by atoms with Crippen LogP contribution >= 0.6 is 0 Å². The number of hydrogen-bond donors (Lipinski definition) is 3. The molecule has 1 aromatic carbocycles. The average molecular weight is 492 g/mol. The minimum atomic E-state index is -1.28. The van der Waals surface area contributed by atoms with Gasteiger partial charge in [0.2, 0.25) is 0 Å². The maximum absolute atomic E-state index is 13.6. The molecule has 0 saturated heterocycles. The Morgan fingerprint density at radius 3 is 2.11 bits per heavy atom. The molecule has 0 aliphatic rings. The Kier molecular flexibility index (Phi) is 9.73. The molecule has 0 aliphatic carbocycles. The van der Waals surface area contributed by atoms with Crippen LogP contribution in [0.1, 0.15) is 53.1 Å². The molecular formula is C25H30FNO8. The summed E-state index contributed by atoms with van der Waals surface area (Å²) in [5, 5.41) is 29.0. The van der Waals surface area contributed by atoms with Gasteiger partial charge in [0.15, 0.2) is 0 Å². The highest BCUT2D eigenvalue weighted by molar-refractivity contribution is 6.09. The van der Waals surface area contributed by atoms with Gasteiger partial charge in [0, 0.05) is 18.3 Å². The van der Waals surface area contributed by atoms with Crippen LogP contribution in [-0.4, -0.2) is 64.2 Å². The number of rotatable bonds is 11. The number of carbonyl (C=O) groups excluding carboxylic acids is 2. The van der Waals surface area contributed by atoms with E-state index in [0.717, 1.165) is 0 Å². The summed E-state index contributed by atoms with van der Waals surface area (Å²) in [6.45, 7) is 3.82. The van der Waals surface area contributed by atoms with Gasteiger partial charge in [-0.1, -0.05) is 13.8 Å². The largest absolute Gasteiger partial charge is 0.481 e. The van der Waals surface area contributed by atoms with Crippen LogP contribution in [-0.2, 0) is 20.7 Å². The van der Waals surface area contributed by atoms with Crippen molar-refractivity contribution in [2.75, 3.05) is 14.2 Å². The molecule has 0 aliphatic heterocycles. The molecule has 2 aromatic rings. The number of esters is 2. The molecule has 0 unspecified atom stereocenters. The number of halogens is 1. The van der Waals surface area contributed by atoms with Gasteiger partial charge in [0.25, 0.3) is 0 Å². The summed E-state index contributed by atoms with van der Waals surface area (Å²) in [5.74, 6) is -3.24. The maximum Gasteiger partial charge on any atom is 0.340 e. The molecule has 1 aromatic heterocycles. The van der Waals surface area contributed by atoms with Gasteiger partial charge in [0.05, 0.1) is 44.1 Å². The summed E-state index contributed by atoms with van der Waals surface area (Å²) in [6.07, 6.45) is -0.229. The average Bonchev–Trinajstić information content (AvgIpc) is 3.09. The van der Waals surface area contributed by atoms with Crippen molar-refractivity contribution >= 4 is 24.1 Å². The Bertz CT molecular complexity index is 1090. The van der Waals surface area contributed by atoms with E-state index in [-0.39, 0.29) is 29.2 Å². The molecule has 0 fully saturated rings. The third kappa shape index (κ3) is 7.00. The fraction of sp³-hybridized carbons (Fsp3) is 0.400. The highest BCUT2D eigenvalue weighted by Gasteiger charge is 2.33. The molecule has 0 amide bonds. The first kappa shape index (κ1) is 27.7. The van der Waals surface area contributed by atoms with Gasteiger partial charge in [-0.15, -0.1) is 0 Å². The quantitative estimate of drug-likeness (QED) is 0.408. The second-order valence-electron chi connectivity index (χ2n) is 8.40. The van der Waals surface area contributed by atoms with E-state index in [1.807, 2.05) is 13.8 Å². The Labute approximate surface area is 202 Å². The Hall–Kier alpha value is -3.50. The zero-order valence-electron chi connectivity index (χ0n) is 20.0. The first-order chi connectivity index (χ1) is 16.5. The SMILES string of the molecule is COC(=O)c1c(C(=O)OC)c(-c2ccc(F)cc2)n(/C=C/[C@@H](O)C[C@@H](O)CC(=O)O)c1CC(C)C. The molecule has 0 bridgehead atoms. The number of ether oxygens (including phenoxy) is 2. The van der Waals surface area contributed by atoms with Gasteiger partial charge in [-0.05, 0) is 48.2 Å². The Morgan fingerprint density at radius 2 is 1.60 bits per heavy atom. The van der Waals surface area contributed by atoms with Crippen molar-refractivity contribution in [1.29, 1.82) is 0 Å². The lowest BCUT2D eigenvalue weighted by Gasteiger charge is -2.14. The Morgan fingerprint density at radius 1 is 1.03 bits per heavy atom. The predicted molar refractivity (Wildman–Crippen MR) is 125 cm³/mol. The minimum Gasteiger partial charge on any atom is -0.481 e. The normalized spacial score (nSPS) is 13.1. The lowest BCUT2D eigenvalue weighted by atomic mass is 10.0. The van der Waals surface area contributed by atoms with Crippen molar-refractivity contribution in [3.8, 4) is 11.3 Å². The summed E-state index contributed by atoms with van der Waals surface area (Å²) >= 11 is 0. The van der Waals surface area contributed by atoms with Crippen LogP contribution in [0.25, 0.3) is 17.5 Å². The fourth-order valence-electron chi connectivity index (χ4n) is 3.73. The molecule has 9 nitrogen and oxygen atoms in total. The van der Waals surface area contributed by atoms with Crippen LogP contribution in [0.4, 0.5) is 4.39 Å². The van der Waals surface area contributed by atoms with E-state index >= 15 is 0 Å². The number of carboxylic acids is 1. The second kappa shape index (κ2) is 12.3. The monoisotopic (exact) mass is 491 g/mol. The molecule has 3 N–H and O–H groups in total. The highest BCUT2D eigenvalue weighted by atomic mass is 19.1. The van der Waals surface area contributed by atoms with Crippen LogP contribution in [0, 0.1) is 11.7 Å². The van der Waals surface area contributed by atoms with Gasteiger partial charge in [0.1, 0.15) is 11.4 Å². The number of aliphatic carboxylic acids is 1. The van der Waals surface area contributed by atoms with Crippen molar-refractivity contribution in [1.82, 2.24) is 4.57 Å². The summed E-state index contributed by atoms with van der Waals surface area (Å²) in [4.78, 5) is 36.5. The zero-order chi connectivity index (χ0) is 26.3. The summed E-state index contributed by atoms with van der Waals surface area (Å²) in [7, 11) is 2.35. The number of hydrogen-bond acceptors (Lipinski definition) is 7. The number of aliphatic hydroxyl groups is 2. The van der Waals surface area contributed by atoms with Gasteiger partial charge in [-0.2, -0.15) is 0 Å². The molecule has 0 saturated carbocycles. The molecule has 1 heterocycles. The van der Waals surface area contributed by atoms with E-state index in [1.54, 1.807) is 0 Å². The fourth-order valence-corrected chi connectivity index (χ4v) is 3.73. The van der Waals surface area contributed by atoms with Gasteiger partial charge < -0.3 is 29.4 Å². The van der Waals surface area contributed by atoms with E-state index in [9.17, 15) is 29.0 Å². The predicted octanol–water partition coefficient (Wildman–Crippen LogP) is 3.12. The van der Waals surface area contributed by atoms with Gasteiger partial charge >= 0.3 is 17.9 Å². The number of carbonyl (C=O) groups is 3. The van der Waals surface area contributed by atoms with Crippen molar-refractivity contribution in [2.24, 2.45) is 5.92 Å². The van der Waals surface area contributed by atoms with Crippen LogP contribution in [0.5, 0.6) is 0 Å². The lowest BCUT2D eigenvalue weighted by molar-refractivity contribution is -0.139. The molecule has 190 valence electrons. The van der Waals surface area contributed by atoms with E-state index in [2.05, 4.69) is 0 Å². The molecule has 0 spiro atoms. The first-order valence-electron chi connectivity index (χ1n) is 11.0. The highest BCUT2D eigenvalue weighted by Crippen LogP contribution is 2.35. The molecule has 2 rings (SSSR count). The summed E-state index contributed by atoms with van der Waals surface area (Å²) in [5.41, 5.74) is 0.935. The molecule has 10 heteroatoms. The minimum absolute atomic E-state index is 0.0163. The topological polar surface area (TPSA) is 135 Å². The molecule has 0 radical (unpaired) electrons. The van der Waals surface area contributed by atoms with E-state index in [0.29, 0.717) is 17.7 Å². The number of methoxy groups -OCH3 is 2. The van der Waals surface area contributed by atoms with Crippen molar-refractivity contribution < 1.29 is 43.6 Å². The first-order valence-corrected chi connectivity index (χ1v) is 11.0. The van der Waals surface area contributed by atoms with E-state index in [1.165, 1.54) is 55.3 Å². The van der Waals surface area contributed by atoms with E-state index in [4.69, 9.17) is 14.6 Å². The Balaban J connectivity index is 2.78. The third-order valence-electron chi connectivity index (χ3n) is 5.19. The third-order valence-corrected chi connectivity index (χ3v) is 5.19. The number of aromatic nitrogens is 1. The summed E-state index contributed by atoms with van der Waals surface area (Å²) < 4.78 is 25.1. The van der Waals surface area contributed by atoms with Crippen molar-refractivity contribution in [3.63, 3.8) is 0 Å². The van der Waals surface area contributed by atoms with Crippen molar-refractivity contribution in [2.45, 2.75) is 45.3 Å². The van der Waals surface area contributed by atoms with E-state index < -0.39 is 42.4 Å². The van der Waals surface area contributed by atoms with Crippen molar-refractivity contribution in [3.05, 3.63) is 53.0 Å². The lowest BCUT2D eigenvalue weighted by Crippen LogP contribution is -2.19. The van der Waals surface area contributed by atoms with Crippen LogP contribution in [0.15, 0.2) is 30.3 Å². The number of nitrogens with zero attached hydrogens (tertiary/aromatic N) is 1. The van der Waals surface area contributed by atoms with Gasteiger partial charge in [-0.3, -0.25) is 4.79 Å². The number of carboxylic acid groups (broad SMARTS) is 1.